The van der Waals surface area contributed by atoms with Gasteiger partial charge in [0, 0.05) is 151 Å². The average molecular weight is 214 g/mol. The van der Waals surface area contributed by atoms with Crippen molar-refractivity contribution in [2.24, 2.45) is 0 Å². The molecule has 0 aromatic rings. The van der Waals surface area contributed by atoms with Gasteiger partial charge in [-0.25, -0.2) is 0 Å². The van der Waals surface area contributed by atoms with Gasteiger partial charge in [-0.05, 0) is 0 Å². The van der Waals surface area contributed by atoms with Crippen molar-refractivity contribution in [1.82, 2.24) is 0 Å². The molecule has 0 saturated heterocycles. The van der Waals surface area contributed by atoms with E-state index in [0.717, 1.165) is 0 Å². The van der Waals surface area contributed by atoms with Crippen LogP contribution in [0.3, 0.4) is 0 Å². The summed E-state index contributed by atoms with van der Waals surface area (Å²) in [4.78, 5) is 0. The Morgan fingerprint density at radius 2 is 0.750 bits per heavy atom. The molecule has 0 fully saturated rings. The predicted molar refractivity (Wildman–Crippen MR) is 20.4 cm³/mol. The molecule has 0 heterocycles. The molecule has 0 unspecified atom stereocenters. The Hall–Kier alpha value is 4.52. The molecule has 0 aromatic heterocycles. The zero-order chi connectivity index (χ0) is 3.41. The molecule has 0 rings (SSSR count). The maximum absolute atomic E-state index is 3.36. The van der Waals surface area contributed by atoms with Gasteiger partial charge in [-0.2, -0.15) is 0 Å². The Morgan fingerprint density at radius 1 is 0.625 bits per heavy atom. The van der Waals surface area contributed by atoms with Crippen LogP contribution in [0.5, 0.6) is 0 Å². The molecule has 0 saturated carbocycles. The Bertz CT molecular complexity index is 29.0. The number of hydrogen-bond donors (Lipinski definition) is 0. The van der Waals surface area contributed by atoms with Crippen molar-refractivity contribution in [3.63, 3.8) is 0 Å². The molecule has 8 heavy (non-hydrogen) atoms. The topological polar surface area (TPSA) is 0 Å². The minimum absolute atomic E-state index is 0. The third kappa shape index (κ3) is 31.3. The van der Waals surface area contributed by atoms with Crippen LogP contribution < -0.4 is 0 Å². The van der Waals surface area contributed by atoms with E-state index in [4.69, 9.17) is 0 Å². The first-order chi connectivity index (χ1) is 1.91. The molecule has 0 aliphatic rings. The van der Waals surface area contributed by atoms with Crippen molar-refractivity contribution >= 4 is 0 Å². The van der Waals surface area contributed by atoms with Crippen molar-refractivity contribution < 1.29 is 151 Å². The van der Waals surface area contributed by atoms with Gasteiger partial charge < -0.3 is 0 Å². The summed E-state index contributed by atoms with van der Waals surface area (Å²) in [5.74, 6) is 0. The molecule has 0 N–H and O–H groups in total. The van der Waals surface area contributed by atoms with E-state index in [1.54, 1.807) is 12.2 Å². The Morgan fingerprint density at radius 3 is 0.750 bits per heavy atom. The van der Waals surface area contributed by atoms with Crippen LogP contribution in [0, 0.1) is 151 Å². The first kappa shape index (κ1) is 29.4. The molecule has 4 heteroatoms. The SMILES string of the molecule is C=CC=C.[Ar].[Ar].[Ar].[Ar]. The Labute approximate surface area is 171 Å². The standard InChI is InChI=1S/C4H6.4Ar/c1-3-4-2;;;;/h3-4H,1-2H2;;;;. The van der Waals surface area contributed by atoms with Crippen LogP contribution in [0.2, 0.25) is 0 Å². The van der Waals surface area contributed by atoms with Crippen LogP contribution in [0.25, 0.3) is 0 Å². The fraction of sp³-hybridized carbons (Fsp3) is 0. The van der Waals surface area contributed by atoms with Gasteiger partial charge in [0.25, 0.3) is 0 Å². The number of rotatable bonds is 1. The van der Waals surface area contributed by atoms with E-state index < -0.39 is 0 Å². The summed E-state index contributed by atoms with van der Waals surface area (Å²) < 4.78 is 0. The normalized spacial score (nSPS) is 2.50. The second-order valence-electron chi connectivity index (χ2n) is 0.471. The van der Waals surface area contributed by atoms with Crippen LogP contribution in [0.1, 0.15) is 0 Å². The minimum atomic E-state index is 0. The second kappa shape index (κ2) is 30.0. The second-order valence-corrected chi connectivity index (χ2v) is 0.471. The molecule has 0 aliphatic carbocycles. The molecule has 0 bridgehead atoms. The zero-order valence-electron chi connectivity index (χ0n) is 3.98. The van der Waals surface area contributed by atoms with Crippen molar-refractivity contribution in [2.45, 2.75) is 0 Å². The van der Waals surface area contributed by atoms with Crippen LogP contribution in [-0.2, 0) is 0 Å². The number of allylic oxidation sites excluding steroid dienone is 2. The van der Waals surface area contributed by atoms with E-state index in [-0.39, 0.29) is 151 Å². The summed E-state index contributed by atoms with van der Waals surface area (Å²) >= 11 is 0. The summed E-state index contributed by atoms with van der Waals surface area (Å²) in [6, 6.07) is 0. The Kier molecular flexibility index (Phi) is 110. The predicted octanol–water partition coefficient (Wildman–Crippen LogP) is 1.36. The van der Waals surface area contributed by atoms with E-state index in [1.165, 1.54) is 0 Å². The van der Waals surface area contributed by atoms with Gasteiger partial charge in [-0.3, -0.25) is 0 Å². The number of hydrogen-bond acceptors (Lipinski definition) is 0. The van der Waals surface area contributed by atoms with Gasteiger partial charge in [0.1, 0.15) is 0 Å². The van der Waals surface area contributed by atoms with Gasteiger partial charge in [-0.15, -0.1) is 0 Å². The van der Waals surface area contributed by atoms with Gasteiger partial charge in [0.2, 0.25) is 0 Å². The summed E-state index contributed by atoms with van der Waals surface area (Å²) in [7, 11) is 0. The molecule has 54 valence electrons. The van der Waals surface area contributed by atoms with Crippen molar-refractivity contribution in [2.75, 3.05) is 0 Å². The largest absolute Gasteiger partial charge is 0.0991 e. The zero-order valence-corrected chi connectivity index (χ0v) is 6.81. The van der Waals surface area contributed by atoms with Gasteiger partial charge in [-0.1, -0.05) is 25.3 Å². The molecule has 0 amide bonds. The maximum Gasteiger partial charge on any atom is 0 e. The van der Waals surface area contributed by atoms with E-state index in [2.05, 4.69) is 13.2 Å². The van der Waals surface area contributed by atoms with Crippen LogP contribution >= 0.6 is 0 Å². The smallest absolute Gasteiger partial charge is 0 e. The molecular weight excluding hydrogens is 208 g/mol. The van der Waals surface area contributed by atoms with Gasteiger partial charge in [0.15, 0.2) is 0 Å². The van der Waals surface area contributed by atoms with E-state index >= 15 is 0 Å². The summed E-state index contributed by atoms with van der Waals surface area (Å²) in [6.45, 7) is 6.72. The average Bonchev–Trinajstić information content (AvgIpc) is 1.37. The quantitative estimate of drug-likeness (QED) is 0.578. The molecule has 0 aliphatic heterocycles. The van der Waals surface area contributed by atoms with E-state index in [1.807, 2.05) is 0 Å². The summed E-state index contributed by atoms with van der Waals surface area (Å²) in [5.41, 5.74) is 0. The van der Waals surface area contributed by atoms with Gasteiger partial charge in [0.05, 0.1) is 0 Å². The van der Waals surface area contributed by atoms with Crippen molar-refractivity contribution in [1.29, 1.82) is 0 Å². The fourth-order valence-electron chi connectivity index (χ4n) is 0. The Balaban J connectivity index is -0.00000000750. The summed E-state index contributed by atoms with van der Waals surface area (Å²) in [5, 5.41) is 0. The molecule has 0 aromatic carbocycles. The van der Waals surface area contributed by atoms with Crippen LogP contribution in [0.15, 0.2) is 25.3 Å². The summed E-state index contributed by atoms with van der Waals surface area (Å²) in [6.07, 6.45) is 3.28. The first-order valence-electron chi connectivity index (χ1n) is 1.15. The van der Waals surface area contributed by atoms with Crippen LogP contribution in [0.4, 0.5) is 0 Å². The first-order valence-corrected chi connectivity index (χ1v) is 1.15. The van der Waals surface area contributed by atoms with E-state index in [9.17, 15) is 0 Å². The maximum atomic E-state index is 3.36. The molecule has 0 radical (unpaired) electrons. The minimum Gasteiger partial charge on any atom is -0.0991 e. The molecular formula is C4H6Ar4. The van der Waals surface area contributed by atoms with Crippen LogP contribution in [-0.4, -0.2) is 0 Å². The molecule has 0 atom stereocenters. The van der Waals surface area contributed by atoms with Gasteiger partial charge >= 0.3 is 0 Å². The third-order valence-corrected chi connectivity index (χ3v) is 0.167. The molecule has 0 spiro atoms. The third-order valence-electron chi connectivity index (χ3n) is 0.167. The van der Waals surface area contributed by atoms with Crippen molar-refractivity contribution in [3.8, 4) is 0 Å². The molecule has 0 nitrogen and oxygen atoms in total. The fourth-order valence-corrected chi connectivity index (χ4v) is 0. The van der Waals surface area contributed by atoms with Crippen molar-refractivity contribution in [3.05, 3.63) is 25.3 Å². The monoisotopic (exact) mass is 214 g/mol. The van der Waals surface area contributed by atoms with E-state index in [0.29, 0.717) is 0 Å².